The molecule has 2 aromatic rings. The highest BCUT2D eigenvalue weighted by molar-refractivity contribution is 14.1. The number of hydrogen-bond donors (Lipinski definition) is 0. The number of carbonyl (C=O) groups is 1. The third kappa shape index (κ3) is 1.03. The quantitative estimate of drug-likeness (QED) is 0.450. The average molecular weight is 272 g/mol. The lowest BCUT2D eigenvalue weighted by Gasteiger charge is -1.94. The van der Waals surface area contributed by atoms with Crippen molar-refractivity contribution < 1.29 is 4.79 Å². The smallest absolute Gasteiger partial charge is 0.153 e. The second-order valence-electron chi connectivity index (χ2n) is 2.36. The molecular formula is C8H5IN2O. The summed E-state index contributed by atoms with van der Waals surface area (Å²) in [6.07, 6.45) is 2.39. The van der Waals surface area contributed by atoms with E-state index in [1.807, 2.05) is 18.2 Å². The molecule has 2 aromatic heterocycles. The lowest BCUT2D eigenvalue weighted by atomic mass is 10.3. The number of pyridine rings is 1. The average Bonchev–Trinajstić information content (AvgIpc) is 2.49. The zero-order valence-corrected chi connectivity index (χ0v) is 8.22. The number of fused-ring (bicyclic) bond motifs is 1. The number of hydrogen-bond acceptors (Lipinski definition) is 2. The molecule has 0 spiro atoms. The van der Waals surface area contributed by atoms with E-state index in [2.05, 4.69) is 27.7 Å². The molecule has 0 saturated heterocycles. The van der Waals surface area contributed by atoms with Crippen molar-refractivity contribution in [2.24, 2.45) is 0 Å². The normalized spacial score (nSPS) is 10.4. The highest BCUT2D eigenvalue weighted by atomic mass is 127. The van der Waals surface area contributed by atoms with E-state index < -0.39 is 0 Å². The van der Waals surface area contributed by atoms with Gasteiger partial charge in [-0.2, -0.15) is 5.10 Å². The van der Waals surface area contributed by atoms with Gasteiger partial charge in [0, 0.05) is 0 Å². The second-order valence-corrected chi connectivity index (χ2v) is 3.47. The SMILES string of the molecule is O=Cc1cnn2c(I)cccc12. The Morgan fingerprint density at radius 1 is 1.50 bits per heavy atom. The number of carbonyl (C=O) groups excluding carboxylic acids is 1. The third-order valence-electron chi connectivity index (χ3n) is 1.65. The first-order chi connectivity index (χ1) is 5.83. The predicted octanol–water partition coefficient (Wildman–Crippen LogP) is 1.75. The minimum atomic E-state index is 0.633. The van der Waals surface area contributed by atoms with E-state index in [0.717, 1.165) is 15.5 Å². The van der Waals surface area contributed by atoms with Crippen LogP contribution in [0.1, 0.15) is 10.4 Å². The summed E-state index contributed by atoms with van der Waals surface area (Å²) < 4.78 is 2.74. The van der Waals surface area contributed by atoms with E-state index in [1.54, 1.807) is 10.7 Å². The Morgan fingerprint density at radius 2 is 2.33 bits per heavy atom. The Balaban J connectivity index is 2.88. The van der Waals surface area contributed by atoms with Gasteiger partial charge in [-0.05, 0) is 34.7 Å². The summed E-state index contributed by atoms with van der Waals surface area (Å²) >= 11 is 2.17. The lowest BCUT2D eigenvalue weighted by molar-refractivity contribution is 0.112. The Kier molecular flexibility index (Phi) is 1.84. The van der Waals surface area contributed by atoms with Crippen molar-refractivity contribution in [3.8, 4) is 0 Å². The molecule has 0 bridgehead atoms. The minimum Gasteiger partial charge on any atom is -0.298 e. The molecule has 0 aliphatic rings. The summed E-state index contributed by atoms with van der Waals surface area (Å²) in [7, 11) is 0. The van der Waals surface area contributed by atoms with Crippen molar-refractivity contribution in [3.63, 3.8) is 0 Å². The molecule has 0 aliphatic carbocycles. The van der Waals surface area contributed by atoms with Crippen molar-refractivity contribution in [1.82, 2.24) is 9.61 Å². The molecule has 12 heavy (non-hydrogen) atoms. The van der Waals surface area contributed by atoms with Crippen LogP contribution in [0.15, 0.2) is 24.4 Å². The second kappa shape index (κ2) is 2.85. The van der Waals surface area contributed by atoms with Crippen molar-refractivity contribution in [1.29, 1.82) is 0 Å². The lowest BCUT2D eigenvalue weighted by Crippen LogP contribution is -1.91. The van der Waals surface area contributed by atoms with Gasteiger partial charge < -0.3 is 0 Å². The van der Waals surface area contributed by atoms with E-state index in [0.29, 0.717) is 5.56 Å². The number of aromatic nitrogens is 2. The van der Waals surface area contributed by atoms with E-state index in [9.17, 15) is 4.79 Å². The zero-order valence-electron chi connectivity index (χ0n) is 6.07. The molecule has 4 heteroatoms. The Bertz CT molecular complexity index is 436. The van der Waals surface area contributed by atoms with E-state index >= 15 is 0 Å². The van der Waals surface area contributed by atoms with E-state index in [1.165, 1.54) is 0 Å². The summed E-state index contributed by atoms with van der Waals surface area (Å²) in [6.45, 7) is 0. The molecule has 2 rings (SSSR count). The highest BCUT2D eigenvalue weighted by Crippen LogP contribution is 2.11. The van der Waals surface area contributed by atoms with Gasteiger partial charge in [0.05, 0.1) is 17.3 Å². The Morgan fingerprint density at radius 3 is 3.08 bits per heavy atom. The maximum absolute atomic E-state index is 10.5. The van der Waals surface area contributed by atoms with Crippen LogP contribution in [0.25, 0.3) is 5.52 Å². The van der Waals surface area contributed by atoms with E-state index in [-0.39, 0.29) is 0 Å². The maximum atomic E-state index is 10.5. The highest BCUT2D eigenvalue weighted by Gasteiger charge is 2.03. The van der Waals surface area contributed by atoms with Crippen LogP contribution in [-0.4, -0.2) is 15.9 Å². The van der Waals surface area contributed by atoms with Gasteiger partial charge in [0.15, 0.2) is 6.29 Å². The molecule has 0 aromatic carbocycles. The first-order valence-corrected chi connectivity index (χ1v) is 4.48. The van der Waals surface area contributed by atoms with Crippen LogP contribution in [-0.2, 0) is 0 Å². The summed E-state index contributed by atoms with van der Waals surface area (Å²) in [5.74, 6) is 0. The first kappa shape index (κ1) is 7.72. The van der Waals surface area contributed by atoms with Gasteiger partial charge in [0.1, 0.15) is 3.70 Å². The summed E-state index contributed by atoms with van der Waals surface area (Å²) in [5.41, 5.74) is 1.49. The summed E-state index contributed by atoms with van der Waals surface area (Å²) in [6, 6.07) is 5.72. The van der Waals surface area contributed by atoms with Crippen LogP contribution in [0.2, 0.25) is 0 Å². The van der Waals surface area contributed by atoms with Crippen LogP contribution in [0.3, 0.4) is 0 Å². The number of halogens is 1. The van der Waals surface area contributed by atoms with Crippen molar-refractivity contribution >= 4 is 34.4 Å². The fraction of sp³-hybridized carbons (Fsp3) is 0. The van der Waals surface area contributed by atoms with Gasteiger partial charge in [0.2, 0.25) is 0 Å². The van der Waals surface area contributed by atoms with Gasteiger partial charge in [-0.3, -0.25) is 4.79 Å². The molecule has 0 unspecified atom stereocenters. The fourth-order valence-corrected chi connectivity index (χ4v) is 1.68. The van der Waals surface area contributed by atoms with Crippen LogP contribution in [0.5, 0.6) is 0 Å². The minimum absolute atomic E-state index is 0.633. The molecule has 0 fully saturated rings. The first-order valence-electron chi connectivity index (χ1n) is 3.40. The van der Waals surface area contributed by atoms with Crippen molar-refractivity contribution in [3.05, 3.63) is 33.7 Å². The molecule has 0 radical (unpaired) electrons. The molecule has 0 atom stereocenters. The maximum Gasteiger partial charge on any atom is 0.153 e. The van der Waals surface area contributed by atoms with Gasteiger partial charge in [-0.1, -0.05) is 6.07 Å². The molecule has 3 nitrogen and oxygen atoms in total. The molecule has 60 valence electrons. The molecule has 0 aliphatic heterocycles. The predicted molar refractivity (Wildman–Crippen MR) is 53.3 cm³/mol. The number of nitrogens with zero attached hydrogens (tertiary/aromatic N) is 2. The van der Waals surface area contributed by atoms with Crippen molar-refractivity contribution in [2.45, 2.75) is 0 Å². The summed E-state index contributed by atoms with van der Waals surface area (Å²) in [5, 5.41) is 4.07. The van der Waals surface area contributed by atoms with Gasteiger partial charge in [0.25, 0.3) is 0 Å². The summed E-state index contributed by atoms with van der Waals surface area (Å²) in [4.78, 5) is 10.5. The molecular weight excluding hydrogens is 267 g/mol. The van der Waals surface area contributed by atoms with Crippen LogP contribution >= 0.6 is 22.6 Å². The van der Waals surface area contributed by atoms with Gasteiger partial charge >= 0.3 is 0 Å². The topological polar surface area (TPSA) is 34.4 Å². The Labute approximate surface area is 82.5 Å². The fourth-order valence-electron chi connectivity index (χ4n) is 1.09. The standard InChI is InChI=1S/C8H5IN2O/c9-8-3-1-2-7-6(5-12)4-10-11(7)8/h1-5H. The molecule has 0 N–H and O–H groups in total. The monoisotopic (exact) mass is 272 g/mol. The van der Waals surface area contributed by atoms with E-state index in [4.69, 9.17) is 0 Å². The number of aldehydes is 1. The molecule has 0 saturated carbocycles. The molecule has 0 amide bonds. The third-order valence-corrected chi connectivity index (χ3v) is 2.47. The van der Waals surface area contributed by atoms with Gasteiger partial charge in [-0.15, -0.1) is 0 Å². The van der Waals surface area contributed by atoms with Gasteiger partial charge in [-0.25, -0.2) is 4.52 Å². The number of rotatable bonds is 1. The van der Waals surface area contributed by atoms with Crippen LogP contribution < -0.4 is 0 Å². The Hall–Kier alpha value is -0.910. The largest absolute Gasteiger partial charge is 0.298 e. The van der Waals surface area contributed by atoms with Crippen molar-refractivity contribution in [2.75, 3.05) is 0 Å². The van der Waals surface area contributed by atoms with Crippen LogP contribution in [0, 0.1) is 3.70 Å². The zero-order chi connectivity index (χ0) is 8.55. The molecule has 2 heterocycles. The van der Waals surface area contributed by atoms with Crippen LogP contribution in [0.4, 0.5) is 0 Å².